The Morgan fingerprint density at radius 2 is 1.03 bits per heavy atom. The zero-order valence-corrected chi connectivity index (χ0v) is 62.1. The number of nitrogens with one attached hydrogen (secondary N) is 12. The van der Waals surface area contributed by atoms with Gasteiger partial charge in [-0.15, -0.1) is 0 Å². The van der Waals surface area contributed by atoms with Crippen molar-refractivity contribution in [3.63, 3.8) is 0 Å². The highest BCUT2D eigenvalue weighted by atomic mass is 16.4. The number of para-hydroxylation sites is 1. The molecular formula is C73H101N19O18. The second-order valence-electron chi connectivity index (χ2n) is 27.6. The zero-order valence-electron chi connectivity index (χ0n) is 62.1. The molecule has 1 saturated heterocycles. The molecule has 0 spiro atoms. The number of hydrogen-bond donors (Lipinski definition) is 17. The number of aliphatic carboxylic acids is 3. The van der Waals surface area contributed by atoms with Crippen LogP contribution in [0.5, 0.6) is 0 Å². The second kappa shape index (κ2) is 43.9. The molecule has 37 heteroatoms. The van der Waals surface area contributed by atoms with Crippen molar-refractivity contribution < 1.29 is 87.2 Å². The summed E-state index contributed by atoms with van der Waals surface area (Å²) in [7, 11) is 0. The van der Waals surface area contributed by atoms with E-state index >= 15 is 0 Å². The number of aromatic nitrogens is 3. The lowest BCUT2D eigenvalue weighted by molar-refractivity contribution is -0.140. The number of fused-ring (bicyclic) bond motifs is 1. The van der Waals surface area contributed by atoms with Crippen molar-refractivity contribution in [3.05, 3.63) is 120 Å². The third-order valence-corrected chi connectivity index (χ3v) is 17.8. The Labute approximate surface area is 634 Å². The number of H-pyrrole nitrogens is 2. The van der Waals surface area contributed by atoms with Crippen LogP contribution in [0.25, 0.3) is 10.9 Å². The Bertz CT molecular complexity index is 3960. The molecule has 0 unspecified atom stereocenters. The maximum absolute atomic E-state index is 14.5. The number of carbonyl (C=O) groups is 15. The van der Waals surface area contributed by atoms with E-state index in [1.165, 1.54) is 43.7 Å². The molecule has 3 heterocycles. The smallest absolute Gasteiger partial charge is 0.317 e. The minimum absolute atomic E-state index is 0.0116. The normalized spacial score (nSPS) is 15.3. The summed E-state index contributed by atoms with van der Waals surface area (Å²) in [6.07, 6.45) is 3.39. The average Bonchev–Trinajstić information content (AvgIpc) is 1.65. The first kappa shape index (κ1) is 87.2. The van der Waals surface area contributed by atoms with Gasteiger partial charge in [0.1, 0.15) is 42.3 Å². The summed E-state index contributed by atoms with van der Waals surface area (Å²) in [4.78, 5) is 215. The highest BCUT2D eigenvalue weighted by Crippen LogP contribution is 2.21. The van der Waals surface area contributed by atoms with Gasteiger partial charge in [0.15, 0.2) is 0 Å². The number of carbonyl (C=O) groups excluding carboxylic acids is 12. The van der Waals surface area contributed by atoms with Crippen LogP contribution in [-0.2, 0) is 86.4 Å². The molecule has 37 nitrogen and oxygen atoms in total. The Balaban J connectivity index is 1.06. The largest absolute Gasteiger partial charge is 0.480 e. The van der Waals surface area contributed by atoms with E-state index in [9.17, 15) is 87.2 Å². The highest BCUT2D eigenvalue weighted by molar-refractivity contribution is 6.01. The van der Waals surface area contributed by atoms with Crippen molar-refractivity contribution in [1.29, 1.82) is 0 Å². The van der Waals surface area contributed by atoms with Crippen LogP contribution in [0, 0.1) is 11.8 Å². The number of anilines is 1. The Hall–Kier alpha value is -11.7. The molecule has 5 aromatic rings. The van der Waals surface area contributed by atoms with Crippen LogP contribution in [0.1, 0.15) is 87.5 Å². The molecular weight excluding hydrogens is 1430 g/mol. The molecule has 110 heavy (non-hydrogen) atoms. The molecule has 596 valence electrons. The van der Waals surface area contributed by atoms with Crippen molar-refractivity contribution in [3.8, 4) is 0 Å². The molecule has 0 aliphatic carbocycles. The van der Waals surface area contributed by atoms with Crippen molar-refractivity contribution in [2.24, 2.45) is 23.3 Å². The van der Waals surface area contributed by atoms with E-state index < -0.39 is 150 Å². The molecule has 19 N–H and O–H groups in total. The van der Waals surface area contributed by atoms with Crippen LogP contribution >= 0.6 is 0 Å². The molecule has 2 aromatic heterocycles. The lowest BCUT2D eigenvalue weighted by Crippen LogP contribution is -2.58. The lowest BCUT2D eigenvalue weighted by atomic mass is 10.0. The van der Waals surface area contributed by atoms with Crippen LogP contribution < -0.4 is 64.6 Å². The number of carboxylic acids is 3. The van der Waals surface area contributed by atoms with E-state index in [1.54, 1.807) is 94.2 Å². The van der Waals surface area contributed by atoms with Crippen LogP contribution in [0.3, 0.4) is 0 Å². The van der Waals surface area contributed by atoms with Crippen LogP contribution in [-0.4, -0.2) is 273 Å². The Morgan fingerprint density at radius 3 is 1.56 bits per heavy atom. The number of imidazole rings is 1. The molecule has 1 aliphatic rings. The minimum Gasteiger partial charge on any atom is -0.480 e. The maximum Gasteiger partial charge on any atom is 0.317 e. The van der Waals surface area contributed by atoms with Gasteiger partial charge in [0.05, 0.1) is 44.7 Å². The summed E-state index contributed by atoms with van der Waals surface area (Å²) in [5, 5.41) is 55.6. The number of amides is 12. The molecule has 12 amide bonds. The number of nitrogens with zero attached hydrogens (tertiary/aromatic N) is 5. The van der Waals surface area contributed by atoms with Crippen LogP contribution in [0.15, 0.2) is 97.6 Å². The molecule has 0 radical (unpaired) electrons. The van der Waals surface area contributed by atoms with Gasteiger partial charge in [-0.2, -0.15) is 0 Å². The third kappa shape index (κ3) is 30.5. The fourth-order valence-electron chi connectivity index (χ4n) is 11.9. The molecule has 1 aliphatic heterocycles. The summed E-state index contributed by atoms with van der Waals surface area (Å²) < 4.78 is 0. The van der Waals surface area contributed by atoms with E-state index in [1.807, 2.05) is 13.8 Å². The number of carboxylic acid groups (broad SMARTS) is 3. The first-order valence-corrected chi connectivity index (χ1v) is 36.0. The first-order valence-electron chi connectivity index (χ1n) is 36.0. The Morgan fingerprint density at radius 1 is 0.500 bits per heavy atom. The number of rotatable bonds is 41. The van der Waals surface area contributed by atoms with E-state index in [4.69, 9.17) is 11.5 Å². The van der Waals surface area contributed by atoms with Gasteiger partial charge >= 0.3 is 17.9 Å². The molecule has 0 bridgehead atoms. The molecule has 7 atom stereocenters. The van der Waals surface area contributed by atoms with Crippen molar-refractivity contribution in [1.82, 2.24) is 82.4 Å². The second-order valence-corrected chi connectivity index (χ2v) is 27.6. The first-order chi connectivity index (χ1) is 52.3. The summed E-state index contributed by atoms with van der Waals surface area (Å²) in [5.41, 5.74) is 13.6. The van der Waals surface area contributed by atoms with Gasteiger partial charge in [-0.3, -0.25) is 91.5 Å². The van der Waals surface area contributed by atoms with Crippen LogP contribution in [0.2, 0.25) is 0 Å². The quantitative estimate of drug-likeness (QED) is 0.0187. The fraction of sp³-hybridized carbons (Fsp3) is 0.479. The highest BCUT2D eigenvalue weighted by Gasteiger charge is 2.35. The van der Waals surface area contributed by atoms with E-state index in [0.29, 0.717) is 27.7 Å². The average molecular weight is 1530 g/mol. The monoisotopic (exact) mass is 1530 g/mol. The summed E-state index contributed by atoms with van der Waals surface area (Å²) in [6, 6.07) is 12.2. The fourth-order valence-corrected chi connectivity index (χ4v) is 11.9. The minimum atomic E-state index is -1.50. The van der Waals surface area contributed by atoms with E-state index in [0.717, 1.165) is 0 Å². The predicted molar refractivity (Wildman–Crippen MR) is 399 cm³/mol. The Kier molecular flexibility index (Phi) is 34.8. The van der Waals surface area contributed by atoms with Crippen molar-refractivity contribution in [2.75, 3.05) is 96.9 Å². The van der Waals surface area contributed by atoms with E-state index in [-0.39, 0.29) is 141 Å². The number of primary amides is 2. The topological polar surface area (TPSA) is 547 Å². The van der Waals surface area contributed by atoms with Gasteiger partial charge in [-0.1, -0.05) is 76.2 Å². The van der Waals surface area contributed by atoms with Crippen LogP contribution in [0.4, 0.5) is 5.69 Å². The van der Waals surface area contributed by atoms with Gasteiger partial charge in [-0.25, -0.2) is 4.98 Å². The number of hydrogen-bond acceptors (Lipinski definition) is 20. The van der Waals surface area contributed by atoms with Crippen molar-refractivity contribution in [2.45, 2.75) is 122 Å². The van der Waals surface area contributed by atoms with Gasteiger partial charge in [0, 0.05) is 126 Å². The number of aromatic amines is 2. The van der Waals surface area contributed by atoms with Gasteiger partial charge < -0.3 is 89.9 Å². The van der Waals surface area contributed by atoms with E-state index in [2.05, 4.69) is 68.1 Å². The summed E-state index contributed by atoms with van der Waals surface area (Å²) >= 11 is 0. The zero-order chi connectivity index (χ0) is 80.6. The summed E-state index contributed by atoms with van der Waals surface area (Å²) in [5.74, 6) is -13.0. The van der Waals surface area contributed by atoms with Gasteiger partial charge in [-0.05, 0) is 73.1 Å². The molecule has 6 rings (SSSR count). The molecule has 1 fully saturated rings. The molecule has 0 saturated carbocycles. The summed E-state index contributed by atoms with van der Waals surface area (Å²) in [6.45, 7) is 7.59. The van der Waals surface area contributed by atoms with Gasteiger partial charge in [0.25, 0.3) is 5.91 Å². The lowest BCUT2D eigenvalue weighted by Gasteiger charge is -2.32. The standard InChI is InChI=1S/C73H101N19O18/c1-43(2)31-54(66(75)103)85-71(108)55(32-46-11-7-6-8-12-46)86-72(109)57(34-50-36-76-42-80-50)83-59(94)21-22-77-73(110)65(44(3)4)88-67(104)45(5)81-70(107)56(33-48-35-78-52-14-10-9-13-51(48)52)87-69(106)53(19-20-58(74)93)84-68(105)47-15-17-49(18-16-47)82-60(95)37-79-61(96)38-89-23-25-90(39-62(97)98)27-29-92(41-64(101)102)30-28-91(26-24-89)40-63(99)100/h6-18,35-36,42-45,53-57,65,78H,19-34,37-41H2,1-5H3,(H2,74,93)(H2,75,103)(H,76,80)(H,77,110)(H,79,96)(H,81,107)(H,82,95)(H,83,94)(H,84,105)(H,85,108)(H,86,109)(H,87,106)(H,88,104)(H,97,98)(H,99,100)(H,101,102)/t45-,53-,54+,55+,56-,57+,65-/m0/s1. The molecule has 3 aromatic carbocycles. The number of nitrogens with two attached hydrogens (primary N) is 2. The van der Waals surface area contributed by atoms with Gasteiger partial charge in [0.2, 0.25) is 65.0 Å². The predicted octanol–water partition coefficient (Wildman–Crippen LogP) is -2.86. The maximum atomic E-state index is 14.5. The number of benzene rings is 3. The third-order valence-electron chi connectivity index (χ3n) is 17.8. The SMILES string of the molecule is CC(C)C[C@@H](NC(=O)[C@@H](Cc1ccccc1)NC(=O)[C@@H](Cc1c[nH]cn1)NC(=O)CCNC(=O)[C@@H](NC(=O)[C@H](C)NC(=O)[C@H](Cc1c[nH]c2ccccc12)NC(=O)[C@H](CCC(N)=O)NC(=O)c1ccc(NC(=O)CNC(=O)CN2CCN(CC(=O)O)CCN(CC(=O)O)CCN(CC(=O)O)CC2)cc1)C(C)C)C(N)=O. The van der Waals surface area contributed by atoms with Crippen molar-refractivity contribution >= 4 is 105 Å².